The lowest BCUT2D eigenvalue weighted by Crippen LogP contribution is -2.08. The van der Waals surface area contributed by atoms with Crippen molar-refractivity contribution in [2.24, 2.45) is 17.3 Å². The highest BCUT2D eigenvalue weighted by molar-refractivity contribution is 5.23. The molecule has 0 spiro atoms. The van der Waals surface area contributed by atoms with Crippen LogP contribution in [0.25, 0.3) is 0 Å². The average Bonchev–Trinajstić information content (AvgIpc) is 3.00. The molecule has 136 valence electrons. The summed E-state index contributed by atoms with van der Waals surface area (Å²) in [7, 11) is 0. The van der Waals surface area contributed by atoms with E-state index in [1.54, 1.807) is 0 Å². The second-order valence-corrected chi connectivity index (χ2v) is 7.58. The molecule has 3 atom stereocenters. The van der Waals surface area contributed by atoms with Gasteiger partial charge in [-0.15, -0.1) is 44.1 Å². The van der Waals surface area contributed by atoms with Crippen LogP contribution in [-0.4, -0.2) is 0 Å². The molecule has 0 heterocycles. The SMILES string of the molecule is C#CC(=C)CC(C#C)CCC(=C)C.C#CC(=C)CC1CCC(C)(C#C)C1. The van der Waals surface area contributed by atoms with Crippen LogP contribution in [0.2, 0.25) is 0 Å². The Morgan fingerprint density at radius 2 is 1.73 bits per heavy atom. The molecule has 0 saturated heterocycles. The summed E-state index contributed by atoms with van der Waals surface area (Å²) in [5.41, 5.74) is 2.96. The van der Waals surface area contributed by atoms with Gasteiger partial charge in [0.25, 0.3) is 0 Å². The molecule has 26 heavy (non-hydrogen) atoms. The summed E-state index contributed by atoms with van der Waals surface area (Å²) in [6.45, 7) is 15.5. The molecule has 0 nitrogen and oxygen atoms in total. The normalized spacial score (nSPS) is 21.5. The van der Waals surface area contributed by atoms with E-state index in [9.17, 15) is 0 Å². The van der Waals surface area contributed by atoms with Crippen molar-refractivity contribution < 1.29 is 0 Å². The van der Waals surface area contributed by atoms with Crippen LogP contribution in [0, 0.1) is 66.6 Å². The third-order valence-electron chi connectivity index (χ3n) is 4.78. The van der Waals surface area contributed by atoms with Crippen molar-refractivity contribution in [2.75, 3.05) is 0 Å². The first-order valence-electron chi connectivity index (χ1n) is 9.06. The van der Waals surface area contributed by atoms with Gasteiger partial charge >= 0.3 is 0 Å². The molecule has 0 aromatic heterocycles. The largest absolute Gasteiger partial charge is 0.120 e. The minimum absolute atomic E-state index is 0.111. The fraction of sp³-hybridized carbons (Fsp3) is 0.462. The van der Waals surface area contributed by atoms with Crippen molar-refractivity contribution in [3.05, 3.63) is 36.5 Å². The fourth-order valence-electron chi connectivity index (χ4n) is 3.10. The Balaban J connectivity index is 0.000000481. The molecule has 0 N–H and O–H groups in total. The average molecular weight is 345 g/mol. The molecule has 3 unspecified atom stereocenters. The zero-order valence-corrected chi connectivity index (χ0v) is 16.5. The molecule has 1 fully saturated rings. The molecule has 0 aromatic rings. The Kier molecular flexibility index (Phi) is 10.8. The maximum Gasteiger partial charge on any atom is 0.0286 e. The van der Waals surface area contributed by atoms with Gasteiger partial charge in [0, 0.05) is 11.3 Å². The van der Waals surface area contributed by atoms with Crippen LogP contribution < -0.4 is 0 Å². The Morgan fingerprint density at radius 1 is 1.12 bits per heavy atom. The van der Waals surface area contributed by atoms with Gasteiger partial charge in [0.2, 0.25) is 0 Å². The summed E-state index contributed by atoms with van der Waals surface area (Å²) in [6, 6.07) is 0. The smallest absolute Gasteiger partial charge is 0.0286 e. The van der Waals surface area contributed by atoms with Crippen molar-refractivity contribution in [3.8, 4) is 49.4 Å². The fourth-order valence-corrected chi connectivity index (χ4v) is 3.10. The van der Waals surface area contributed by atoms with Gasteiger partial charge in [-0.25, -0.2) is 0 Å². The second kappa shape index (κ2) is 11.9. The van der Waals surface area contributed by atoms with E-state index in [2.05, 4.69) is 50.3 Å². The molecule has 1 aliphatic rings. The number of rotatable bonds is 7. The van der Waals surface area contributed by atoms with Gasteiger partial charge in [0.15, 0.2) is 0 Å². The highest BCUT2D eigenvalue weighted by Gasteiger charge is 2.33. The molecule has 0 heteroatoms. The zero-order chi connectivity index (χ0) is 20.2. The molecule has 0 aromatic carbocycles. The van der Waals surface area contributed by atoms with Gasteiger partial charge in [-0.1, -0.05) is 30.6 Å². The van der Waals surface area contributed by atoms with Crippen LogP contribution in [-0.2, 0) is 0 Å². The zero-order valence-electron chi connectivity index (χ0n) is 16.5. The Hall–Kier alpha value is -2.54. The van der Waals surface area contributed by atoms with E-state index in [1.165, 1.54) is 6.42 Å². The molecule has 0 radical (unpaired) electrons. The van der Waals surface area contributed by atoms with Gasteiger partial charge in [-0.05, 0) is 75.9 Å². The van der Waals surface area contributed by atoms with E-state index in [0.717, 1.165) is 55.2 Å². The quantitative estimate of drug-likeness (QED) is 0.382. The predicted octanol–water partition coefficient (Wildman–Crippen LogP) is 6.18. The van der Waals surface area contributed by atoms with Crippen molar-refractivity contribution in [3.63, 3.8) is 0 Å². The van der Waals surface area contributed by atoms with Crippen molar-refractivity contribution in [2.45, 2.75) is 58.8 Å². The van der Waals surface area contributed by atoms with Crippen molar-refractivity contribution >= 4 is 0 Å². The third-order valence-corrected chi connectivity index (χ3v) is 4.78. The van der Waals surface area contributed by atoms with E-state index in [0.29, 0.717) is 5.92 Å². The van der Waals surface area contributed by atoms with Crippen molar-refractivity contribution in [1.82, 2.24) is 0 Å². The summed E-state index contributed by atoms with van der Waals surface area (Å²) in [4.78, 5) is 0. The standard InChI is InChI=1S/2C13H16/c1-5-11(3)9-12-7-8-13(4,6-2)10-12;1-6-12(5)10-13(7-2)9-8-11(3)4/h1-2,12H,3,7-10H2,4H3;1-2,13H,3,5,8-10H2,4H3. The summed E-state index contributed by atoms with van der Waals surface area (Å²) in [5.74, 6) is 11.6. The topological polar surface area (TPSA) is 0 Å². The lowest BCUT2D eigenvalue weighted by atomic mass is 9.88. The monoisotopic (exact) mass is 344 g/mol. The lowest BCUT2D eigenvalue weighted by Gasteiger charge is -2.15. The van der Waals surface area contributed by atoms with Crippen LogP contribution in [0.5, 0.6) is 0 Å². The number of allylic oxidation sites excluding steroid dienone is 3. The Bertz CT molecular complexity index is 674. The first kappa shape index (κ1) is 23.5. The summed E-state index contributed by atoms with van der Waals surface area (Å²) < 4.78 is 0. The summed E-state index contributed by atoms with van der Waals surface area (Å²) >= 11 is 0. The Labute approximate surface area is 162 Å². The van der Waals surface area contributed by atoms with E-state index < -0.39 is 0 Å². The minimum Gasteiger partial charge on any atom is -0.120 e. The molecule has 1 aliphatic carbocycles. The molecular formula is C26H32. The minimum atomic E-state index is 0.111. The van der Waals surface area contributed by atoms with Crippen molar-refractivity contribution in [1.29, 1.82) is 0 Å². The van der Waals surface area contributed by atoms with Gasteiger partial charge < -0.3 is 0 Å². The number of hydrogen-bond donors (Lipinski definition) is 0. The first-order chi connectivity index (χ1) is 12.2. The van der Waals surface area contributed by atoms with Gasteiger partial charge in [0.1, 0.15) is 0 Å². The summed E-state index contributed by atoms with van der Waals surface area (Å²) in [5, 5.41) is 0. The second-order valence-electron chi connectivity index (χ2n) is 7.58. The van der Waals surface area contributed by atoms with Crippen LogP contribution in [0.4, 0.5) is 0 Å². The molecule has 0 amide bonds. The van der Waals surface area contributed by atoms with Gasteiger partial charge in [0.05, 0.1) is 0 Å². The molecule has 1 rings (SSSR count). The van der Waals surface area contributed by atoms with Crippen LogP contribution >= 0.6 is 0 Å². The van der Waals surface area contributed by atoms with Crippen LogP contribution in [0.3, 0.4) is 0 Å². The van der Waals surface area contributed by atoms with E-state index >= 15 is 0 Å². The maximum absolute atomic E-state index is 5.48. The van der Waals surface area contributed by atoms with E-state index in [4.69, 9.17) is 25.7 Å². The molecule has 0 bridgehead atoms. The number of terminal acetylenes is 4. The highest BCUT2D eigenvalue weighted by Crippen LogP contribution is 2.43. The van der Waals surface area contributed by atoms with Crippen LogP contribution in [0.15, 0.2) is 36.5 Å². The van der Waals surface area contributed by atoms with E-state index in [1.807, 2.05) is 6.92 Å². The number of hydrogen-bond acceptors (Lipinski definition) is 0. The molecule has 0 aliphatic heterocycles. The van der Waals surface area contributed by atoms with E-state index in [-0.39, 0.29) is 11.3 Å². The predicted molar refractivity (Wildman–Crippen MR) is 116 cm³/mol. The molecule has 1 saturated carbocycles. The third kappa shape index (κ3) is 9.68. The Morgan fingerprint density at radius 3 is 2.15 bits per heavy atom. The van der Waals surface area contributed by atoms with Crippen LogP contribution in [0.1, 0.15) is 58.8 Å². The van der Waals surface area contributed by atoms with Gasteiger partial charge in [-0.2, -0.15) is 0 Å². The molecular weight excluding hydrogens is 312 g/mol. The van der Waals surface area contributed by atoms with Gasteiger partial charge in [-0.3, -0.25) is 0 Å². The first-order valence-corrected chi connectivity index (χ1v) is 9.06. The maximum atomic E-state index is 5.48. The highest BCUT2D eigenvalue weighted by atomic mass is 14.4. The summed E-state index contributed by atoms with van der Waals surface area (Å²) in [6.07, 6.45) is 28.3. The lowest BCUT2D eigenvalue weighted by molar-refractivity contribution is 0.433.